The summed E-state index contributed by atoms with van der Waals surface area (Å²) in [5, 5.41) is 11.6. The van der Waals surface area contributed by atoms with Gasteiger partial charge in [-0.2, -0.15) is 0 Å². The molecule has 5 rings (SSSR count). The summed E-state index contributed by atoms with van der Waals surface area (Å²) in [4.78, 5) is 69.4. The second-order valence-electron chi connectivity index (χ2n) is 14.1. The zero-order valence-corrected chi connectivity index (χ0v) is 31.8. The molecule has 13 heteroatoms. The summed E-state index contributed by atoms with van der Waals surface area (Å²) in [7, 11) is 2.63. The predicted octanol–water partition coefficient (Wildman–Crippen LogP) is 5.61. The zero-order chi connectivity index (χ0) is 38.6. The predicted molar refractivity (Wildman–Crippen MR) is 203 cm³/mol. The molecule has 4 atom stereocenters. The average Bonchev–Trinajstić information content (AvgIpc) is 3.82. The van der Waals surface area contributed by atoms with Crippen LogP contribution < -0.4 is 10.8 Å². The lowest BCUT2D eigenvalue weighted by molar-refractivity contribution is -0.140. The van der Waals surface area contributed by atoms with Crippen molar-refractivity contribution in [1.82, 2.24) is 20.8 Å². The van der Waals surface area contributed by atoms with E-state index in [9.17, 15) is 19.2 Å². The van der Waals surface area contributed by atoms with E-state index in [0.29, 0.717) is 55.6 Å². The van der Waals surface area contributed by atoms with Gasteiger partial charge in [0.1, 0.15) is 5.92 Å². The van der Waals surface area contributed by atoms with Gasteiger partial charge in [0.25, 0.3) is 0 Å². The number of ether oxygens (including phenoxy) is 2. The van der Waals surface area contributed by atoms with Gasteiger partial charge in [-0.3, -0.25) is 29.6 Å². The minimum Gasteiger partial charge on any atom is -0.468 e. The molecule has 0 aromatic carbocycles. The van der Waals surface area contributed by atoms with E-state index < -0.39 is 23.8 Å². The van der Waals surface area contributed by atoms with Crippen LogP contribution in [0.4, 0.5) is 0 Å². The molecule has 5 heterocycles. The lowest BCUT2D eigenvalue weighted by atomic mass is 9.80. The summed E-state index contributed by atoms with van der Waals surface area (Å²) in [6.07, 6.45) is 7.53. The fourth-order valence-corrected chi connectivity index (χ4v) is 8.05. The van der Waals surface area contributed by atoms with Crippen molar-refractivity contribution in [3.8, 4) is 0 Å². The second kappa shape index (κ2) is 16.7. The Labute approximate surface area is 310 Å². The molecule has 8 bridgehead atoms. The van der Waals surface area contributed by atoms with E-state index in [2.05, 4.69) is 35.7 Å². The highest BCUT2D eigenvalue weighted by Crippen LogP contribution is 2.43. The van der Waals surface area contributed by atoms with Gasteiger partial charge in [0, 0.05) is 78.3 Å². The quantitative estimate of drug-likeness (QED) is 0.0813. The number of aliphatic imine (C=N–C) groups is 2. The van der Waals surface area contributed by atoms with Gasteiger partial charge in [0.05, 0.1) is 31.5 Å². The minimum absolute atomic E-state index is 0.0756. The topological polar surface area (TPSA) is 187 Å². The third-order valence-electron chi connectivity index (χ3n) is 11.1. The molecule has 3 aliphatic rings. The first kappa shape index (κ1) is 39.2. The minimum atomic E-state index is -1.08. The summed E-state index contributed by atoms with van der Waals surface area (Å²) in [6, 6.07) is -0.0756. The fourth-order valence-electron chi connectivity index (χ4n) is 8.05. The Kier molecular flexibility index (Phi) is 12.4. The number of methoxy groups -OCH3 is 2. The zero-order valence-electron chi connectivity index (χ0n) is 31.8. The number of carbonyl (C=O) groups is 4. The largest absolute Gasteiger partial charge is 0.468 e. The first-order valence-electron chi connectivity index (χ1n) is 18.4. The van der Waals surface area contributed by atoms with E-state index in [0.717, 1.165) is 46.0 Å². The number of amides is 2. The Morgan fingerprint density at radius 1 is 1.04 bits per heavy atom. The van der Waals surface area contributed by atoms with Crippen molar-refractivity contribution in [2.75, 3.05) is 20.8 Å². The summed E-state index contributed by atoms with van der Waals surface area (Å²) >= 11 is 0. The van der Waals surface area contributed by atoms with Crippen LogP contribution in [-0.4, -0.2) is 77.2 Å². The van der Waals surface area contributed by atoms with Gasteiger partial charge < -0.3 is 24.8 Å². The maximum absolute atomic E-state index is 14.0. The number of hydroxylamine groups is 1. The van der Waals surface area contributed by atoms with E-state index >= 15 is 0 Å². The van der Waals surface area contributed by atoms with Crippen LogP contribution in [0.3, 0.4) is 0 Å². The molecule has 0 radical (unpaired) electrons. The van der Waals surface area contributed by atoms with Crippen LogP contribution in [0.25, 0.3) is 12.2 Å². The summed E-state index contributed by atoms with van der Waals surface area (Å²) in [6.45, 7) is 14.7. The number of esters is 2. The third kappa shape index (κ3) is 7.85. The number of H-pyrrole nitrogens is 2. The molecule has 13 nitrogen and oxygen atoms in total. The molecule has 2 amide bonds. The molecule has 284 valence electrons. The highest BCUT2D eigenvalue weighted by atomic mass is 16.5. The molecule has 0 saturated carbocycles. The molecule has 2 aromatic heterocycles. The van der Waals surface area contributed by atoms with Gasteiger partial charge in [-0.1, -0.05) is 26.5 Å². The molecule has 0 aliphatic carbocycles. The van der Waals surface area contributed by atoms with E-state index in [1.165, 1.54) is 25.4 Å². The maximum atomic E-state index is 14.0. The van der Waals surface area contributed by atoms with E-state index in [-0.39, 0.29) is 42.2 Å². The van der Waals surface area contributed by atoms with Gasteiger partial charge in [0.15, 0.2) is 0 Å². The number of fused-ring (bicyclic) bond motifs is 6. The molecular weight excluding hydrogens is 676 g/mol. The van der Waals surface area contributed by atoms with Crippen LogP contribution >= 0.6 is 0 Å². The van der Waals surface area contributed by atoms with Crippen molar-refractivity contribution in [1.29, 1.82) is 0 Å². The Morgan fingerprint density at radius 2 is 1.79 bits per heavy atom. The number of unbranched alkanes of at least 4 members (excludes halogenated alkanes) is 1. The molecule has 3 aliphatic heterocycles. The Balaban J connectivity index is 1.62. The summed E-state index contributed by atoms with van der Waals surface area (Å²) in [5.41, 5.74) is 12.1. The number of nitrogens with zero attached hydrogens (tertiary/aromatic N) is 2. The number of nitrogens with one attached hydrogen (secondary N) is 4. The number of carbonyl (C=O) groups excluding carboxylic acids is 4. The monoisotopic (exact) mass is 728 g/mol. The molecule has 0 spiro atoms. The van der Waals surface area contributed by atoms with Crippen molar-refractivity contribution in [2.24, 2.45) is 21.8 Å². The standard InChI is InChI=1S/C40H52N6O7/c1-9-24-20(3)27-17-29-22(5)26(14-15-33(47)41-16-12-11-13-34(48)46-51)37(44-29)36(40(50)53-8)38-35(39(49)52-7)23(6)30(45-38)19-32-25(10-2)21(4)28(43-32)18-31(24)42-27/h9,17,22,26,28,36,42,45,51H,1,10-16,18-19H2,2-8H3,(H,41,47)(H,46,48)/t22-,26-,28?,36?/m0/s1. The molecule has 0 saturated heterocycles. The number of aromatic nitrogens is 2. The van der Waals surface area contributed by atoms with Gasteiger partial charge in [-0.05, 0) is 80.4 Å². The first-order chi connectivity index (χ1) is 25.4. The number of hydrogen-bond donors (Lipinski definition) is 5. The van der Waals surface area contributed by atoms with E-state index in [1.54, 1.807) is 5.48 Å². The van der Waals surface area contributed by atoms with Gasteiger partial charge in [-0.15, -0.1) is 0 Å². The lowest BCUT2D eigenvalue weighted by Gasteiger charge is -2.23. The average molecular weight is 729 g/mol. The number of rotatable bonds is 12. The summed E-state index contributed by atoms with van der Waals surface area (Å²) in [5.74, 6) is -3.46. The number of aromatic amines is 2. The van der Waals surface area contributed by atoms with Crippen LogP contribution in [-0.2, 0) is 36.7 Å². The van der Waals surface area contributed by atoms with Crippen LogP contribution in [0.5, 0.6) is 0 Å². The highest BCUT2D eigenvalue weighted by molar-refractivity contribution is 6.12. The van der Waals surface area contributed by atoms with Crippen LogP contribution in [0.2, 0.25) is 0 Å². The Hall–Kier alpha value is -5.04. The third-order valence-corrected chi connectivity index (χ3v) is 11.1. The molecule has 53 heavy (non-hydrogen) atoms. The van der Waals surface area contributed by atoms with Crippen LogP contribution in [0.15, 0.2) is 33.4 Å². The smallest absolute Gasteiger partial charge is 0.340 e. The molecule has 5 N–H and O–H groups in total. The van der Waals surface area contributed by atoms with Crippen molar-refractivity contribution >= 4 is 47.3 Å². The highest BCUT2D eigenvalue weighted by Gasteiger charge is 2.44. The Morgan fingerprint density at radius 3 is 2.45 bits per heavy atom. The first-order valence-corrected chi connectivity index (χ1v) is 18.4. The maximum Gasteiger partial charge on any atom is 0.340 e. The van der Waals surface area contributed by atoms with Gasteiger partial charge in [0.2, 0.25) is 11.8 Å². The number of hydrogen-bond acceptors (Lipinski definition) is 9. The normalized spacial score (nSPS) is 20.7. The van der Waals surface area contributed by atoms with Gasteiger partial charge >= 0.3 is 11.9 Å². The number of allylic oxidation sites excluding steroid dienone is 2. The SMILES string of the molecule is C=Cc1c2[nH]c(c1C)C=C1N=C(C(C(=O)OC)c3[nH]c(c(C)c3C(=O)OC)CC3=NC(C2)C(C)=C3CC)[C@@H](CCC(=O)NCCCCC(=O)NO)[C@@H]1C. The molecule has 0 fully saturated rings. The van der Waals surface area contributed by atoms with Crippen LogP contribution in [0.1, 0.15) is 115 Å². The van der Waals surface area contributed by atoms with E-state index in [1.807, 2.05) is 32.9 Å². The van der Waals surface area contributed by atoms with Crippen molar-refractivity contribution in [2.45, 2.75) is 97.9 Å². The van der Waals surface area contributed by atoms with E-state index in [4.69, 9.17) is 24.7 Å². The molecular formula is C40H52N6O7. The molecule has 2 unspecified atom stereocenters. The van der Waals surface area contributed by atoms with Crippen molar-refractivity contribution in [3.63, 3.8) is 0 Å². The lowest BCUT2D eigenvalue weighted by Crippen LogP contribution is -2.32. The van der Waals surface area contributed by atoms with Crippen molar-refractivity contribution < 1.29 is 33.9 Å². The summed E-state index contributed by atoms with van der Waals surface area (Å²) < 4.78 is 10.7. The fraction of sp³-hybridized carbons (Fsp3) is 0.500. The molecule has 2 aromatic rings. The Bertz CT molecular complexity index is 1930. The van der Waals surface area contributed by atoms with Gasteiger partial charge in [-0.25, -0.2) is 10.3 Å². The van der Waals surface area contributed by atoms with Crippen molar-refractivity contribution in [3.05, 3.63) is 68.5 Å². The van der Waals surface area contributed by atoms with Crippen LogP contribution in [0, 0.1) is 25.7 Å². The second-order valence-corrected chi connectivity index (χ2v) is 14.1.